The van der Waals surface area contributed by atoms with Gasteiger partial charge in [-0.15, -0.1) is 0 Å². The molecule has 0 aliphatic carbocycles. The molecule has 0 bridgehead atoms. The van der Waals surface area contributed by atoms with Crippen LogP contribution in [-0.2, 0) is 16.0 Å². The number of benzene rings is 1. The molecule has 0 unspecified atom stereocenters. The van der Waals surface area contributed by atoms with E-state index in [-0.39, 0.29) is 11.9 Å². The third-order valence-electron chi connectivity index (χ3n) is 1.98. The molecule has 0 aliphatic rings. The monoisotopic (exact) mass is 228 g/mol. The van der Waals surface area contributed by atoms with Crippen LogP contribution in [0.5, 0.6) is 0 Å². The Morgan fingerprint density at radius 3 is 2.73 bits per heavy atom. The molecule has 80 valence electrons. The predicted molar refractivity (Wildman–Crippen MR) is 57.0 cm³/mol. The second-order valence-corrected chi connectivity index (χ2v) is 3.34. The van der Waals surface area contributed by atoms with Gasteiger partial charge in [-0.3, -0.25) is 4.79 Å². The summed E-state index contributed by atoms with van der Waals surface area (Å²) in [6.07, 6.45) is -0.0802. The van der Waals surface area contributed by atoms with E-state index in [2.05, 4.69) is 4.74 Å². The molecule has 1 rings (SSSR count). The van der Waals surface area contributed by atoms with Gasteiger partial charge in [0.1, 0.15) is 0 Å². The van der Waals surface area contributed by atoms with E-state index in [1.165, 1.54) is 13.2 Å². The Morgan fingerprint density at radius 2 is 2.20 bits per heavy atom. The Kier molecular flexibility index (Phi) is 4.14. The lowest BCUT2D eigenvalue weighted by Gasteiger charge is -2.09. The SMILES string of the molecule is COC(=O)Cc1c(Cl)cccc1B(O)O. The van der Waals surface area contributed by atoms with E-state index in [4.69, 9.17) is 21.6 Å². The second kappa shape index (κ2) is 5.16. The van der Waals surface area contributed by atoms with Crippen molar-refractivity contribution < 1.29 is 19.6 Å². The topological polar surface area (TPSA) is 66.8 Å². The van der Waals surface area contributed by atoms with Gasteiger partial charge < -0.3 is 14.8 Å². The van der Waals surface area contributed by atoms with Crippen molar-refractivity contribution in [2.75, 3.05) is 7.11 Å². The van der Waals surface area contributed by atoms with Crippen molar-refractivity contribution in [2.24, 2.45) is 0 Å². The quantitative estimate of drug-likeness (QED) is 0.552. The summed E-state index contributed by atoms with van der Waals surface area (Å²) in [6.45, 7) is 0. The smallest absolute Gasteiger partial charge is 0.469 e. The van der Waals surface area contributed by atoms with E-state index < -0.39 is 13.1 Å². The molecule has 0 heterocycles. The van der Waals surface area contributed by atoms with Crippen LogP contribution in [0.25, 0.3) is 0 Å². The Hall–Kier alpha value is -1.04. The van der Waals surface area contributed by atoms with Crippen LogP contribution in [0.2, 0.25) is 5.02 Å². The predicted octanol–water partition coefficient (Wildman–Crippen LogP) is -0.265. The highest BCUT2D eigenvalue weighted by Crippen LogP contribution is 2.14. The zero-order valence-electron chi connectivity index (χ0n) is 8.11. The number of hydrogen-bond donors (Lipinski definition) is 2. The van der Waals surface area contributed by atoms with E-state index in [9.17, 15) is 4.79 Å². The minimum Gasteiger partial charge on any atom is -0.469 e. The zero-order chi connectivity index (χ0) is 11.4. The normalized spacial score (nSPS) is 9.87. The maximum absolute atomic E-state index is 11.1. The highest BCUT2D eigenvalue weighted by atomic mass is 35.5. The van der Waals surface area contributed by atoms with Crippen molar-refractivity contribution >= 4 is 30.2 Å². The molecule has 1 aromatic rings. The highest BCUT2D eigenvalue weighted by molar-refractivity contribution is 6.59. The Balaban J connectivity index is 3.07. The molecule has 0 saturated carbocycles. The number of carbonyl (C=O) groups excluding carboxylic acids is 1. The van der Waals surface area contributed by atoms with Gasteiger partial charge in [-0.2, -0.15) is 0 Å². The molecule has 0 spiro atoms. The van der Waals surface area contributed by atoms with Gasteiger partial charge in [0.05, 0.1) is 13.5 Å². The van der Waals surface area contributed by atoms with Gasteiger partial charge in [-0.1, -0.05) is 23.7 Å². The van der Waals surface area contributed by atoms with Crippen LogP contribution in [-0.4, -0.2) is 30.2 Å². The Morgan fingerprint density at radius 1 is 1.53 bits per heavy atom. The molecule has 4 nitrogen and oxygen atoms in total. The number of hydrogen-bond acceptors (Lipinski definition) is 4. The van der Waals surface area contributed by atoms with Crippen LogP contribution < -0.4 is 5.46 Å². The highest BCUT2D eigenvalue weighted by Gasteiger charge is 2.19. The van der Waals surface area contributed by atoms with Crippen molar-refractivity contribution in [3.63, 3.8) is 0 Å². The Bertz CT molecular complexity index is 367. The summed E-state index contributed by atoms with van der Waals surface area (Å²) < 4.78 is 4.48. The largest absolute Gasteiger partial charge is 0.488 e. The summed E-state index contributed by atoms with van der Waals surface area (Å²) in [7, 11) is -0.392. The summed E-state index contributed by atoms with van der Waals surface area (Å²) in [5, 5.41) is 18.4. The summed E-state index contributed by atoms with van der Waals surface area (Å²) in [5.74, 6) is -0.481. The number of rotatable bonds is 3. The van der Waals surface area contributed by atoms with Gasteiger partial charge in [0.25, 0.3) is 0 Å². The summed E-state index contributed by atoms with van der Waals surface area (Å²) in [4.78, 5) is 11.1. The van der Waals surface area contributed by atoms with Crippen molar-refractivity contribution in [3.8, 4) is 0 Å². The fraction of sp³-hybridized carbons (Fsp3) is 0.222. The number of halogens is 1. The molecule has 6 heteroatoms. The zero-order valence-corrected chi connectivity index (χ0v) is 8.86. The first-order valence-electron chi connectivity index (χ1n) is 4.26. The van der Waals surface area contributed by atoms with Crippen LogP contribution in [0.15, 0.2) is 18.2 Å². The van der Waals surface area contributed by atoms with E-state index in [1.54, 1.807) is 12.1 Å². The van der Waals surface area contributed by atoms with Crippen LogP contribution >= 0.6 is 11.6 Å². The van der Waals surface area contributed by atoms with E-state index in [1.807, 2.05) is 0 Å². The average molecular weight is 228 g/mol. The van der Waals surface area contributed by atoms with E-state index in [0.717, 1.165) is 0 Å². The van der Waals surface area contributed by atoms with Crippen LogP contribution in [0.3, 0.4) is 0 Å². The standard InChI is InChI=1S/C9H10BClO4/c1-15-9(12)5-6-7(10(13)14)3-2-4-8(6)11/h2-4,13-14H,5H2,1H3. The molecule has 0 aliphatic heterocycles. The second-order valence-electron chi connectivity index (χ2n) is 2.93. The molecule has 0 saturated heterocycles. The van der Waals surface area contributed by atoms with Crippen molar-refractivity contribution in [1.82, 2.24) is 0 Å². The maximum atomic E-state index is 11.1. The Labute approximate surface area is 92.6 Å². The number of ether oxygens (including phenoxy) is 1. The first-order chi connectivity index (χ1) is 7.06. The molecule has 0 fully saturated rings. The average Bonchev–Trinajstić information content (AvgIpc) is 2.20. The molecular formula is C9H10BClO4. The summed E-state index contributed by atoms with van der Waals surface area (Å²) >= 11 is 5.84. The fourth-order valence-electron chi connectivity index (χ4n) is 1.22. The molecular weight excluding hydrogens is 218 g/mol. The van der Waals surface area contributed by atoms with Gasteiger partial charge in [0, 0.05) is 5.02 Å². The maximum Gasteiger partial charge on any atom is 0.488 e. The van der Waals surface area contributed by atoms with Crippen molar-refractivity contribution in [3.05, 3.63) is 28.8 Å². The third kappa shape index (κ3) is 2.96. The van der Waals surface area contributed by atoms with Crippen LogP contribution in [0.4, 0.5) is 0 Å². The molecule has 15 heavy (non-hydrogen) atoms. The lowest BCUT2D eigenvalue weighted by molar-refractivity contribution is -0.139. The molecule has 0 amide bonds. The molecule has 1 aromatic carbocycles. The van der Waals surface area contributed by atoms with Gasteiger partial charge in [0.2, 0.25) is 0 Å². The van der Waals surface area contributed by atoms with Crippen molar-refractivity contribution in [1.29, 1.82) is 0 Å². The fourth-order valence-corrected chi connectivity index (χ4v) is 1.47. The molecule has 0 aromatic heterocycles. The molecule has 0 radical (unpaired) electrons. The van der Waals surface area contributed by atoms with Crippen LogP contribution in [0, 0.1) is 0 Å². The van der Waals surface area contributed by atoms with Gasteiger partial charge in [-0.25, -0.2) is 0 Å². The van der Waals surface area contributed by atoms with Crippen LogP contribution in [0.1, 0.15) is 5.56 Å². The summed E-state index contributed by atoms with van der Waals surface area (Å²) in [6, 6.07) is 4.65. The lowest BCUT2D eigenvalue weighted by atomic mass is 9.76. The van der Waals surface area contributed by atoms with E-state index >= 15 is 0 Å². The van der Waals surface area contributed by atoms with Gasteiger partial charge >= 0.3 is 13.1 Å². The summed E-state index contributed by atoms with van der Waals surface area (Å²) in [5.41, 5.74) is 0.592. The van der Waals surface area contributed by atoms with Gasteiger partial charge in [-0.05, 0) is 17.1 Å². The first kappa shape index (κ1) is 12.0. The minimum atomic E-state index is -1.65. The number of esters is 1. The van der Waals surface area contributed by atoms with Crippen molar-refractivity contribution in [2.45, 2.75) is 6.42 Å². The molecule has 0 atom stereocenters. The lowest BCUT2D eigenvalue weighted by Crippen LogP contribution is -2.34. The minimum absolute atomic E-state index is 0.0802. The van der Waals surface area contributed by atoms with E-state index in [0.29, 0.717) is 10.6 Å². The van der Waals surface area contributed by atoms with Gasteiger partial charge in [0.15, 0.2) is 0 Å². The number of carbonyl (C=O) groups is 1. The molecule has 2 N–H and O–H groups in total. The first-order valence-corrected chi connectivity index (χ1v) is 4.64. The number of methoxy groups -OCH3 is 1. The third-order valence-corrected chi connectivity index (χ3v) is 2.34.